The van der Waals surface area contributed by atoms with Crippen molar-refractivity contribution < 1.29 is 9.59 Å². The predicted molar refractivity (Wildman–Crippen MR) is 90.2 cm³/mol. The zero-order valence-electron chi connectivity index (χ0n) is 12.8. The number of anilines is 1. The summed E-state index contributed by atoms with van der Waals surface area (Å²) in [5.74, 6) is -0.346. The minimum Gasteiger partial charge on any atom is -0.347 e. The van der Waals surface area contributed by atoms with Crippen LogP contribution in [-0.4, -0.2) is 18.4 Å². The third kappa shape index (κ3) is 4.43. The summed E-state index contributed by atoms with van der Waals surface area (Å²) in [6, 6.07) is 9.75. The number of aryl methyl sites for hydroxylation is 2. The number of carbonyl (C=O) groups excluding carboxylic acids is 2. The maximum absolute atomic E-state index is 12.0. The topological polar surface area (TPSA) is 58.2 Å². The Labute approximate surface area is 134 Å². The molecule has 2 N–H and O–H groups in total. The molecule has 0 aliphatic carbocycles. The van der Waals surface area contributed by atoms with E-state index in [0.29, 0.717) is 6.42 Å². The lowest BCUT2D eigenvalue weighted by Crippen LogP contribution is -2.34. The number of carbonyl (C=O) groups is 2. The van der Waals surface area contributed by atoms with Gasteiger partial charge in [-0.3, -0.25) is 9.59 Å². The average Bonchev–Trinajstić information content (AvgIpc) is 3.00. The van der Waals surface area contributed by atoms with E-state index >= 15 is 0 Å². The van der Waals surface area contributed by atoms with Gasteiger partial charge in [-0.05, 0) is 35.9 Å². The fraction of sp³-hybridized carbons (Fsp3) is 0.294. The number of rotatable bonds is 6. The summed E-state index contributed by atoms with van der Waals surface area (Å²) in [6.45, 7) is 4.00. The minimum absolute atomic E-state index is 0.0122. The number of hydrogen-bond acceptors (Lipinski definition) is 3. The lowest BCUT2D eigenvalue weighted by atomic mass is 10.1. The van der Waals surface area contributed by atoms with Crippen molar-refractivity contribution in [3.63, 3.8) is 0 Å². The molecule has 1 aromatic carbocycles. The van der Waals surface area contributed by atoms with Crippen LogP contribution in [0.25, 0.3) is 0 Å². The molecule has 0 atom stereocenters. The van der Waals surface area contributed by atoms with Crippen LogP contribution < -0.4 is 10.6 Å². The first-order chi connectivity index (χ1) is 10.6. The van der Waals surface area contributed by atoms with Gasteiger partial charge in [0, 0.05) is 10.6 Å². The highest BCUT2D eigenvalue weighted by Crippen LogP contribution is 2.20. The molecule has 0 radical (unpaired) electrons. The van der Waals surface area contributed by atoms with Gasteiger partial charge < -0.3 is 10.6 Å². The molecule has 0 saturated heterocycles. The van der Waals surface area contributed by atoms with Crippen LogP contribution in [0.15, 0.2) is 35.7 Å². The zero-order chi connectivity index (χ0) is 15.9. The van der Waals surface area contributed by atoms with E-state index < -0.39 is 0 Å². The van der Waals surface area contributed by atoms with Crippen molar-refractivity contribution in [1.82, 2.24) is 5.32 Å². The molecule has 116 valence electrons. The standard InChI is InChI=1S/C17H20N2O2S/c1-3-13-7-4-6-12(2)17(13)19-16(21)11-18-15(20)10-14-8-5-9-22-14/h4-9H,3,10-11H2,1-2H3,(H,18,20)(H,19,21). The molecule has 22 heavy (non-hydrogen) atoms. The van der Waals surface area contributed by atoms with Crippen molar-refractivity contribution in [2.24, 2.45) is 0 Å². The number of nitrogens with one attached hydrogen (secondary N) is 2. The van der Waals surface area contributed by atoms with Crippen molar-refractivity contribution in [2.45, 2.75) is 26.7 Å². The molecule has 0 spiro atoms. The lowest BCUT2D eigenvalue weighted by molar-refractivity contribution is -0.123. The third-order valence-electron chi connectivity index (χ3n) is 3.37. The molecule has 2 amide bonds. The Hall–Kier alpha value is -2.14. The van der Waals surface area contributed by atoms with Gasteiger partial charge in [-0.1, -0.05) is 31.2 Å². The molecule has 4 nitrogen and oxygen atoms in total. The van der Waals surface area contributed by atoms with E-state index in [9.17, 15) is 9.59 Å². The highest BCUT2D eigenvalue weighted by Gasteiger charge is 2.10. The Balaban J connectivity index is 1.87. The smallest absolute Gasteiger partial charge is 0.243 e. The summed E-state index contributed by atoms with van der Waals surface area (Å²) in [7, 11) is 0. The molecular weight excluding hydrogens is 296 g/mol. The van der Waals surface area contributed by atoms with Gasteiger partial charge >= 0.3 is 0 Å². The molecule has 0 aliphatic heterocycles. The van der Waals surface area contributed by atoms with E-state index in [2.05, 4.69) is 10.6 Å². The van der Waals surface area contributed by atoms with E-state index in [-0.39, 0.29) is 18.4 Å². The Morgan fingerprint density at radius 3 is 2.64 bits per heavy atom. The number of amides is 2. The van der Waals surface area contributed by atoms with Crippen LogP contribution in [0, 0.1) is 6.92 Å². The molecule has 0 saturated carbocycles. The quantitative estimate of drug-likeness (QED) is 0.861. The van der Waals surface area contributed by atoms with Gasteiger partial charge in [0.2, 0.25) is 11.8 Å². The lowest BCUT2D eigenvalue weighted by Gasteiger charge is -2.13. The first kappa shape index (κ1) is 16.2. The van der Waals surface area contributed by atoms with Crippen LogP contribution in [0.1, 0.15) is 22.9 Å². The average molecular weight is 316 g/mol. The van der Waals surface area contributed by atoms with Crippen LogP contribution in [0.3, 0.4) is 0 Å². The molecule has 5 heteroatoms. The highest BCUT2D eigenvalue weighted by molar-refractivity contribution is 7.10. The second-order valence-corrected chi connectivity index (χ2v) is 6.08. The summed E-state index contributed by atoms with van der Waals surface area (Å²) in [5, 5.41) is 7.48. The Bertz CT molecular complexity index is 651. The van der Waals surface area contributed by atoms with Crippen molar-refractivity contribution in [3.8, 4) is 0 Å². The van der Waals surface area contributed by atoms with Gasteiger partial charge in [-0.15, -0.1) is 11.3 Å². The van der Waals surface area contributed by atoms with Crippen LogP contribution in [0.2, 0.25) is 0 Å². The summed E-state index contributed by atoms with van der Waals surface area (Å²) < 4.78 is 0. The number of benzene rings is 1. The van der Waals surface area contributed by atoms with Gasteiger partial charge in [0.05, 0.1) is 13.0 Å². The summed E-state index contributed by atoms with van der Waals surface area (Å²) in [6.07, 6.45) is 1.16. The largest absolute Gasteiger partial charge is 0.347 e. The number of thiophene rings is 1. The molecule has 2 rings (SSSR count). The molecular formula is C17H20N2O2S. The zero-order valence-corrected chi connectivity index (χ0v) is 13.6. The SMILES string of the molecule is CCc1cccc(C)c1NC(=O)CNC(=O)Cc1cccs1. The monoisotopic (exact) mass is 316 g/mol. The molecule has 2 aromatic rings. The van der Waals surface area contributed by atoms with Crippen molar-refractivity contribution >= 4 is 28.8 Å². The molecule has 0 unspecified atom stereocenters. The number of hydrogen-bond donors (Lipinski definition) is 2. The minimum atomic E-state index is -0.205. The van der Waals surface area contributed by atoms with Gasteiger partial charge in [0.15, 0.2) is 0 Å². The number of para-hydroxylation sites is 1. The van der Waals surface area contributed by atoms with E-state index in [4.69, 9.17) is 0 Å². The van der Waals surface area contributed by atoms with Crippen molar-refractivity contribution in [2.75, 3.05) is 11.9 Å². The summed E-state index contributed by atoms with van der Waals surface area (Å²) >= 11 is 1.53. The van der Waals surface area contributed by atoms with E-state index in [1.54, 1.807) is 0 Å². The Morgan fingerprint density at radius 2 is 1.95 bits per heavy atom. The van der Waals surface area contributed by atoms with Crippen LogP contribution in [-0.2, 0) is 22.4 Å². The fourth-order valence-electron chi connectivity index (χ4n) is 2.20. The normalized spacial score (nSPS) is 10.3. The summed E-state index contributed by atoms with van der Waals surface area (Å²) in [4.78, 5) is 24.8. The first-order valence-corrected chi connectivity index (χ1v) is 8.15. The summed E-state index contributed by atoms with van der Waals surface area (Å²) in [5.41, 5.74) is 2.97. The maximum atomic E-state index is 12.0. The third-order valence-corrected chi connectivity index (χ3v) is 4.24. The van der Waals surface area contributed by atoms with Crippen molar-refractivity contribution in [3.05, 3.63) is 51.7 Å². The predicted octanol–water partition coefficient (Wildman–Crippen LogP) is 2.92. The maximum Gasteiger partial charge on any atom is 0.243 e. The van der Waals surface area contributed by atoms with Gasteiger partial charge in [0.1, 0.15) is 0 Å². The van der Waals surface area contributed by atoms with Crippen LogP contribution >= 0.6 is 11.3 Å². The second-order valence-electron chi connectivity index (χ2n) is 5.04. The Kier molecular flexibility index (Phi) is 5.72. The molecule has 1 aromatic heterocycles. The van der Waals surface area contributed by atoms with Crippen molar-refractivity contribution in [1.29, 1.82) is 0 Å². The Morgan fingerprint density at radius 1 is 1.14 bits per heavy atom. The molecule has 0 bridgehead atoms. The van der Waals surface area contributed by atoms with Crippen LogP contribution in [0.5, 0.6) is 0 Å². The van der Waals surface area contributed by atoms with Crippen LogP contribution in [0.4, 0.5) is 5.69 Å². The second kappa shape index (κ2) is 7.75. The first-order valence-electron chi connectivity index (χ1n) is 7.27. The van der Waals surface area contributed by atoms with Gasteiger partial charge in [-0.25, -0.2) is 0 Å². The van der Waals surface area contributed by atoms with E-state index in [0.717, 1.165) is 28.1 Å². The van der Waals surface area contributed by atoms with E-state index in [1.807, 2.05) is 49.6 Å². The highest BCUT2D eigenvalue weighted by atomic mass is 32.1. The van der Waals surface area contributed by atoms with E-state index in [1.165, 1.54) is 11.3 Å². The van der Waals surface area contributed by atoms with Gasteiger partial charge in [-0.2, -0.15) is 0 Å². The molecule has 0 aliphatic rings. The van der Waals surface area contributed by atoms with Gasteiger partial charge in [0.25, 0.3) is 0 Å². The molecule has 0 fully saturated rings. The molecule has 1 heterocycles. The fourth-order valence-corrected chi connectivity index (χ4v) is 2.90.